The SMILES string of the molecule is O=C(CCc1nc(-c2ccncc2)no1)Nc1ccccc1N1CCCCCC1. The van der Waals surface area contributed by atoms with Crippen LogP contribution in [0.4, 0.5) is 11.4 Å². The molecule has 0 bridgehead atoms. The van der Waals surface area contributed by atoms with Crippen LogP contribution in [0.15, 0.2) is 53.3 Å². The highest BCUT2D eigenvalue weighted by Gasteiger charge is 2.16. The summed E-state index contributed by atoms with van der Waals surface area (Å²) in [5.74, 6) is 0.901. The van der Waals surface area contributed by atoms with Crippen molar-refractivity contribution in [3.05, 3.63) is 54.7 Å². The number of benzene rings is 1. The molecule has 0 saturated carbocycles. The molecular formula is C22H25N5O2. The summed E-state index contributed by atoms with van der Waals surface area (Å²) in [6.07, 6.45) is 8.98. The van der Waals surface area contributed by atoms with Gasteiger partial charge in [-0.25, -0.2) is 0 Å². The molecule has 1 amide bonds. The first-order valence-electron chi connectivity index (χ1n) is 10.2. The van der Waals surface area contributed by atoms with Crippen molar-refractivity contribution in [1.29, 1.82) is 0 Å². The molecule has 0 unspecified atom stereocenters. The van der Waals surface area contributed by atoms with Crippen molar-refractivity contribution in [2.45, 2.75) is 38.5 Å². The molecule has 1 fully saturated rings. The molecule has 1 aromatic carbocycles. The Balaban J connectivity index is 1.36. The van der Waals surface area contributed by atoms with Gasteiger partial charge in [0.2, 0.25) is 17.6 Å². The van der Waals surface area contributed by atoms with Crippen LogP contribution in [0.5, 0.6) is 0 Å². The first kappa shape index (κ1) is 19.1. The van der Waals surface area contributed by atoms with Crippen LogP contribution in [0.1, 0.15) is 38.0 Å². The van der Waals surface area contributed by atoms with Crippen LogP contribution in [0.3, 0.4) is 0 Å². The van der Waals surface area contributed by atoms with E-state index in [0.717, 1.165) is 30.0 Å². The Morgan fingerprint density at radius 2 is 1.79 bits per heavy atom. The summed E-state index contributed by atoms with van der Waals surface area (Å²) >= 11 is 0. The molecule has 1 aliphatic heterocycles. The molecular weight excluding hydrogens is 366 g/mol. The van der Waals surface area contributed by atoms with Crippen LogP contribution >= 0.6 is 0 Å². The van der Waals surface area contributed by atoms with Crippen LogP contribution in [0, 0.1) is 0 Å². The molecule has 0 aliphatic carbocycles. The highest BCUT2D eigenvalue weighted by atomic mass is 16.5. The Morgan fingerprint density at radius 3 is 2.59 bits per heavy atom. The third-order valence-corrected chi connectivity index (χ3v) is 5.10. The van der Waals surface area contributed by atoms with E-state index < -0.39 is 0 Å². The van der Waals surface area contributed by atoms with Crippen LogP contribution in [0.25, 0.3) is 11.4 Å². The molecule has 29 heavy (non-hydrogen) atoms. The molecule has 0 spiro atoms. The van der Waals surface area contributed by atoms with Crippen molar-refractivity contribution >= 4 is 17.3 Å². The number of hydrogen-bond donors (Lipinski definition) is 1. The molecule has 2 aromatic heterocycles. The fourth-order valence-corrected chi connectivity index (χ4v) is 3.57. The maximum Gasteiger partial charge on any atom is 0.227 e. The van der Waals surface area contributed by atoms with Crippen molar-refractivity contribution in [2.75, 3.05) is 23.3 Å². The van der Waals surface area contributed by atoms with Gasteiger partial charge in [-0.05, 0) is 37.1 Å². The van der Waals surface area contributed by atoms with Gasteiger partial charge in [-0.2, -0.15) is 4.98 Å². The third kappa shape index (κ3) is 4.99. The van der Waals surface area contributed by atoms with E-state index in [9.17, 15) is 4.79 Å². The standard InChI is InChI=1S/C22H25N5O2/c28-20(9-10-21-25-22(26-29-21)17-11-13-23-14-12-17)24-18-7-3-4-8-19(18)27-15-5-1-2-6-16-27/h3-4,7-8,11-14H,1-2,5-6,9-10,15-16H2,(H,24,28). The van der Waals surface area contributed by atoms with Crippen molar-refractivity contribution in [3.63, 3.8) is 0 Å². The zero-order valence-corrected chi connectivity index (χ0v) is 16.4. The average molecular weight is 391 g/mol. The minimum atomic E-state index is -0.0593. The number of aryl methyl sites for hydroxylation is 1. The second kappa shape index (κ2) is 9.32. The average Bonchev–Trinajstić information content (AvgIpc) is 3.07. The Morgan fingerprint density at radius 1 is 1.03 bits per heavy atom. The van der Waals surface area contributed by atoms with Crippen LogP contribution in [0.2, 0.25) is 0 Å². The number of rotatable bonds is 6. The molecule has 4 rings (SSSR count). The summed E-state index contributed by atoms with van der Waals surface area (Å²) in [4.78, 5) is 23.3. The van der Waals surface area contributed by atoms with Gasteiger partial charge in [-0.15, -0.1) is 0 Å². The molecule has 1 N–H and O–H groups in total. The van der Waals surface area contributed by atoms with Gasteiger partial charge in [0.25, 0.3) is 0 Å². The van der Waals surface area contributed by atoms with Gasteiger partial charge in [-0.3, -0.25) is 9.78 Å². The zero-order chi connectivity index (χ0) is 19.9. The van der Waals surface area contributed by atoms with Gasteiger partial charge in [0.15, 0.2) is 0 Å². The third-order valence-electron chi connectivity index (χ3n) is 5.10. The topological polar surface area (TPSA) is 84.1 Å². The lowest BCUT2D eigenvalue weighted by Crippen LogP contribution is -2.25. The number of pyridine rings is 1. The van der Waals surface area contributed by atoms with Crippen molar-refractivity contribution in [1.82, 2.24) is 15.1 Å². The fourth-order valence-electron chi connectivity index (χ4n) is 3.57. The van der Waals surface area contributed by atoms with Crippen LogP contribution in [-0.2, 0) is 11.2 Å². The van der Waals surface area contributed by atoms with Gasteiger partial charge in [0.1, 0.15) is 0 Å². The smallest absolute Gasteiger partial charge is 0.227 e. The van der Waals surface area contributed by atoms with Crippen LogP contribution < -0.4 is 10.2 Å². The Labute approximate surface area is 170 Å². The Bertz CT molecular complexity index is 933. The summed E-state index contributed by atoms with van der Waals surface area (Å²) < 4.78 is 5.28. The molecule has 3 heterocycles. The number of carbonyl (C=O) groups is 1. The van der Waals surface area contributed by atoms with E-state index in [1.54, 1.807) is 12.4 Å². The molecule has 1 aliphatic rings. The highest BCUT2D eigenvalue weighted by molar-refractivity contribution is 5.94. The van der Waals surface area contributed by atoms with Gasteiger partial charge in [0.05, 0.1) is 11.4 Å². The molecule has 7 nitrogen and oxygen atoms in total. The first-order valence-corrected chi connectivity index (χ1v) is 10.2. The van der Waals surface area contributed by atoms with E-state index in [-0.39, 0.29) is 12.3 Å². The van der Waals surface area contributed by atoms with E-state index in [1.807, 2.05) is 30.3 Å². The molecule has 0 atom stereocenters. The normalized spacial score (nSPS) is 14.4. The van der Waals surface area contributed by atoms with Gasteiger partial charge >= 0.3 is 0 Å². The monoisotopic (exact) mass is 391 g/mol. The predicted octanol–water partition coefficient (Wildman–Crippen LogP) is 4.08. The van der Waals surface area contributed by atoms with E-state index in [4.69, 9.17) is 4.52 Å². The number of carbonyl (C=O) groups excluding carboxylic acids is 1. The Hall–Kier alpha value is -3.22. The summed E-state index contributed by atoms with van der Waals surface area (Å²) in [6, 6.07) is 11.7. The number of nitrogens with zero attached hydrogens (tertiary/aromatic N) is 4. The summed E-state index contributed by atoms with van der Waals surface area (Å²) in [5.41, 5.74) is 2.80. The lowest BCUT2D eigenvalue weighted by molar-refractivity contribution is -0.116. The second-order valence-electron chi connectivity index (χ2n) is 7.21. The van der Waals surface area contributed by atoms with Crippen molar-refractivity contribution in [3.8, 4) is 11.4 Å². The van der Waals surface area contributed by atoms with E-state index >= 15 is 0 Å². The van der Waals surface area contributed by atoms with Crippen molar-refractivity contribution < 1.29 is 9.32 Å². The van der Waals surface area contributed by atoms with Gasteiger partial charge < -0.3 is 14.7 Å². The van der Waals surface area contributed by atoms with E-state index in [0.29, 0.717) is 18.1 Å². The number of aromatic nitrogens is 3. The summed E-state index contributed by atoms with van der Waals surface area (Å²) in [7, 11) is 0. The zero-order valence-electron chi connectivity index (χ0n) is 16.4. The highest BCUT2D eigenvalue weighted by Crippen LogP contribution is 2.28. The number of amides is 1. The maximum atomic E-state index is 12.5. The van der Waals surface area contributed by atoms with Crippen molar-refractivity contribution in [2.24, 2.45) is 0 Å². The molecule has 1 saturated heterocycles. The summed E-state index contributed by atoms with van der Waals surface area (Å²) in [5, 5.41) is 7.04. The van der Waals surface area contributed by atoms with E-state index in [2.05, 4.69) is 31.4 Å². The molecule has 3 aromatic rings. The minimum absolute atomic E-state index is 0.0593. The van der Waals surface area contributed by atoms with Gasteiger partial charge in [0, 0.05) is 43.9 Å². The summed E-state index contributed by atoms with van der Waals surface area (Å²) in [6.45, 7) is 2.07. The minimum Gasteiger partial charge on any atom is -0.370 e. The number of anilines is 2. The Kier molecular flexibility index (Phi) is 6.14. The number of para-hydroxylation sites is 2. The molecule has 0 radical (unpaired) electrons. The lowest BCUT2D eigenvalue weighted by Gasteiger charge is -2.25. The predicted molar refractivity (Wildman–Crippen MR) is 112 cm³/mol. The van der Waals surface area contributed by atoms with Gasteiger partial charge in [-0.1, -0.05) is 30.1 Å². The number of hydrogen-bond acceptors (Lipinski definition) is 6. The number of nitrogens with one attached hydrogen (secondary N) is 1. The van der Waals surface area contributed by atoms with Crippen LogP contribution in [-0.4, -0.2) is 34.1 Å². The quantitative estimate of drug-likeness (QED) is 0.681. The van der Waals surface area contributed by atoms with E-state index in [1.165, 1.54) is 25.7 Å². The second-order valence-corrected chi connectivity index (χ2v) is 7.21. The fraction of sp³-hybridized carbons (Fsp3) is 0.364. The maximum absolute atomic E-state index is 12.5. The molecule has 150 valence electrons. The first-order chi connectivity index (χ1) is 14.3. The lowest BCUT2D eigenvalue weighted by atomic mass is 10.2. The molecule has 7 heteroatoms. The largest absolute Gasteiger partial charge is 0.370 e.